The van der Waals surface area contributed by atoms with Gasteiger partial charge in [0.25, 0.3) is 0 Å². The van der Waals surface area contributed by atoms with E-state index in [0.29, 0.717) is 11.8 Å². The average molecular weight is 259 g/mol. The smallest absolute Gasteiger partial charge is 0.0760 e. The van der Waals surface area contributed by atoms with Crippen molar-refractivity contribution < 1.29 is 4.74 Å². The molecule has 0 aromatic rings. The predicted octanol–water partition coefficient (Wildman–Crippen LogP) is 3.08. The molecule has 1 saturated heterocycles. The van der Waals surface area contributed by atoms with E-state index in [-0.39, 0.29) is 11.2 Å². The van der Waals surface area contributed by atoms with Gasteiger partial charge in [0.1, 0.15) is 0 Å². The fourth-order valence-electron chi connectivity index (χ4n) is 2.89. The van der Waals surface area contributed by atoms with Gasteiger partial charge in [-0.1, -0.05) is 13.8 Å². The molecule has 3 heteroatoms. The summed E-state index contributed by atoms with van der Waals surface area (Å²) in [6, 6.07) is 0. The second kappa shape index (κ2) is 5.50. The molecule has 102 valence electrons. The monoisotopic (exact) mass is 259 g/mol. The molecule has 1 atom stereocenters. The second-order valence-electron chi connectivity index (χ2n) is 6.98. The second-order valence-corrected chi connectivity index (χ2v) is 7.34. The highest BCUT2D eigenvalue weighted by molar-refractivity contribution is 7.80. The van der Waals surface area contributed by atoms with Crippen LogP contribution in [0.1, 0.15) is 41.5 Å². The highest BCUT2D eigenvalue weighted by atomic mass is 32.1. The molecule has 0 radical (unpaired) electrons. The van der Waals surface area contributed by atoms with Gasteiger partial charge in [-0.25, -0.2) is 0 Å². The van der Waals surface area contributed by atoms with Crippen LogP contribution < -0.4 is 0 Å². The van der Waals surface area contributed by atoms with Gasteiger partial charge < -0.3 is 4.74 Å². The Labute approximate surface area is 113 Å². The Morgan fingerprint density at radius 1 is 1.12 bits per heavy atom. The Morgan fingerprint density at radius 3 is 1.94 bits per heavy atom. The van der Waals surface area contributed by atoms with Crippen molar-refractivity contribution in [3.8, 4) is 0 Å². The summed E-state index contributed by atoms with van der Waals surface area (Å²) in [6.45, 7) is 16.5. The van der Waals surface area contributed by atoms with Gasteiger partial charge in [0.15, 0.2) is 0 Å². The van der Waals surface area contributed by atoms with E-state index in [9.17, 15) is 0 Å². The summed E-state index contributed by atoms with van der Waals surface area (Å²) >= 11 is 4.48. The number of morpholine rings is 1. The molecule has 0 amide bonds. The summed E-state index contributed by atoms with van der Waals surface area (Å²) in [5.74, 6) is 2.33. The number of thiol groups is 1. The molecular formula is C14H29NOS. The van der Waals surface area contributed by atoms with Crippen LogP contribution in [-0.4, -0.2) is 41.5 Å². The van der Waals surface area contributed by atoms with Crippen LogP contribution >= 0.6 is 12.6 Å². The van der Waals surface area contributed by atoms with Crippen molar-refractivity contribution in [3.63, 3.8) is 0 Å². The first kappa shape index (κ1) is 15.3. The molecule has 1 heterocycles. The standard InChI is InChI=1S/C14H29NOS/c1-11(2)12(8-17)7-15-9-13(3,4)16-14(5,6)10-15/h11-12,17H,7-10H2,1-6H3. The molecule has 0 aliphatic carbocycles. The normalized spacial score (nSPS) is 26.1. The Bertz CT molecular complexity index is 235. The van der Waals surface area contributed by atoms with Crippen molar-refractivity contribution in [2.45, 2.75) is 52.7 Å². The minimum atomic E-state index is -0.0418. The van der Waals surface area contributed by atoms with Gasteiger partial charge in [0, 0.05) is 19.6 Å². The minimum Gasteiger partial charge on any atom is -0.367 e. The van der Waals surface area contributed by atoms with E-state index in [4.69, 9.17) is 4.74 Å². The lowest BCUT2D eigenvalue weighted by Gasteiger charge is -2.48. The molecule has 1 unspecified atom stereocenters. The topological polar surface area (TPSA) is 12.5 Å². The van der Waals surface area contributed by atoms with Crippen LogP contribution in [0.25, 0.3) is 0 Å². The lowest BCUT2D eigenvalue weighted by atomic mass is 9.93. The Kier molecular flexibility index (Phi) is 4.96. The molecule has 17 heavy (non-hydrogen) atoms. The lowest BCUT2D eigenvalue weighted by Crippen LogP contribution is -2.58. The maximum Gasteiger partial charge on any atom is 0.0760 e. The Hall–Kier alpha value is 0.270. The van der Waals surface area contributed by atoms with E-state index in [1.54, 1.807) is 0 Å². The average Bonchev–Trinajstić information content (AvgIpc) is 2.08. The first-order chi connectivity index (χ1) is 7.65. The first-order valence-electron chi connectivity index (χ1n) is 6.68. The predicted molar refractivity (Wildman–Crippen MR) is 77.9 cm³/mol. The quantitative estimate of drug-likeness (QED) is 0.779. The summed E-state index contributed by atoms with van der Waals surface area (Å²) in [6.07, 6.45) is 0. The van der Waals surface area contributed by atoms with E-state index in [0.717, 1.165) is 25.4 Å². The SMILES string of the molecule is CC(C)C(CS)CN1CC(C)(C)OC(C)(C)C1. The molecule has 0 spiro atoms. The number of hydrogen-bond donors (Lipinski definition) is 1. The van der Waals surface area contributed by atoms with E-state index < -0.39 is 0 Å². The molecule has 0 N–H and O–H groups in total. The van der Waals surface area contributed by atoms with Crippen molar-refractivity contribution in [3.05, 3.63) is 0 Å². The fourth-order valence-corrected chi connectivity index (χ4v) is 3.42. The highest BCUT2D eigenvalue weighted by Crippen LogP contribution is 2.29. The van der Waals surface area contributed by atoms with Gasteiger partial charge in [-0.05, 0) is 45.3 Å². The molecule has 0 bridgehead atoms. The zero-order valence-electron chi connectivity index (χ0n) is 12.3. The largest absolute Gasteiger partial charge is 0.367 e. The van der Waals surface area contributed by atoms with E-state index in [1.807, 2.05) is 0 Å². The molecule has 1 fully saturated rings. The molecule has 1 aliphatic heterocycles. The van der Waals surface area contributed by atoms with Crippen molar-refractivity contribution in [1.82, 2.24) is 4.90 Å². The van der Waals surface area contributed by atoms with Crippen molar-refractivity contribution >= 4 is 12.6 Å². The van der Waals surface area contributed by atoms with Gasteiger partial charge in [-0.15, -0.1) is 0 Å². The van der Waals surface area contributed by atoms with Crippen LogP contribution in [0, 0.1) is 11.8 Å². The van der Waals surface area contributed by atoms with Gasteiger partial charge in [0.2, 0.25) is 0 Å². The third-order valence-electron chi connectivity index (χ3n) is 3.43. The number of ether oxygens (including phenoxy) is 1. The van der Waals surface area contributed by atoms with Crippen LogP contribution in [0.4, 0.5) is 0 Å². The highest BCUT2D eigenvalue weighted by Gasteiger charge is 2.38. The van der Waals surface area contributed by atoms with Crippen LogP contribution in [0.5, 0.6) is 0 Å². The fraction of sp³-hybridized carbons (Fsp3) is 1.00. The van der Waals surface area contributed by atoms with Crippen LogP contribution in [0.3, 0.4) is 0 Å². The molecule has 1 aliphatic rings. The Morgan fingerprint density at radius 2 is 1.59 bits per heavy atom. The summed E-state index contributed by atoms with van der Waals surface area (Å²) in [5, 5.41) is 0. The third kappa shape index (κ3) is 4.80. The third-order valence-corrected chi connectivity index (χ3v) is 3.90. The molecule has 2 nitrogen and oxygen atoms in total. The van der Waals surface area contributed by atoms with Crippen molar-refractivity contribution in [2.24, 2.45) is 11.8 Å². The summed E-state index contributed by atoms with van der Waals surface area (Å²) in [4.78, 5) is 2.55. The zero-order chi connectivity index (χ0) is 13.3. The van der Waals surface area contributed by atoms with Gasteiger partial charge in [-0.3, -0.25) is 4.90 Å². The van der Waals surface area contributed by atoms with E-state index in [1.165, 1.54) is 0 Å². The number of hydrogen-bond acceptors (Lipinski definition) is 3. The first-order valence-corrected chi connectivity index (χ1v) is 7.32. The van der Waals surface area contributed by atoms with Crippen molar-refractivity contribution in [1.29, 1.82) is 0 Å². The van der Waals surface area contributed by atoms with Gasteiger partial charge in [0.05, 0.1) is 11.2 Å². The van der Waals surface area contributed by atoms with Crippen molar-refractivity contribution in [2.75, 3.05) is 25.4 Å². The van der Waals surface area contributed by atoms with Gasteiger partial charge in [-0.2, -0.15) is 12.6 Å². The van der Waals surface area contributed by atoms with E-state index >= 15 is 0 Å². The minimum absolute atomic E-state index is 0.0418. The molecule has 1 rings (SSSR count). The maximum absolute atomic E-state index is 6.11. The number of rotatable bonds is 4. The molecule has 0 aromatic carbocycles. The van der Waals surface area contributed by atoms with Crippen LogP contribution in [0.2, 0.25) is 0 Å². The van der Waals surface area contributed by atoms with E-state index in [2.05, 4.69) is 59.1 Å². The maximum atomic E-state index is 6.11. The molecule has 0 saturated carbocycles. The van der Waals surface area contributed by atoms with Gasteiger partial charge >= 0.3 is 0 Å². The summed E-state index contributed by atoms with van der Waals surface area (Å²) in [7, 11) is 0. The number of nitrogens with zero attached hydrogens (tertiary/aromatic N) is 1. The van der Waals surface area contributed by atoms with Crippen LogP contribution in [0.15, 0.2) is 0 Å². The summed E-state index contributed by atoms with van der Waals surface area (Å²) in [5.41, 5.74) is -0.0836. The van der Waals surface area contributed by atoms with Crippen LogP contribution in [-0.2, 0) is 4.74 Å². The Balaban J connectivity index is 2.65. The zero-order valence-corrected chi connectivity index (χ0v) is 13.2. The summed E-state index contributed by atoms with van der Waals surface area (Å²) < 4.78 is 6.11. The molecule has 0 aromatic heterocycles. The lowest BCUT2D eigenvalue weighted by molar-refractivity contribution is -0.182. The molecular weight excluding hydrogens is 230 g/mol.